The van der Waals surface area contributed by atoms with E-state index in [1.807, 2.05) is 13.8 Å². The van der Waals surface area contributed by atoms with Gasteiger partial charge in [0.2, 0.25) is 0 Å². The first-order chi connectivity index (χ1) is 11.0. The summed E-state index contributed by atoms with van der Waals surface area (Å²) in [5, 5.41) is 8.63. The summed E-state index contributed by atoms with van der Waals surface area (Å²) in [4.78, 5) is 12.8. The van der Waals surface area contributed by atoms with Crippen molar-refractivity contribution >= 4 is 29.1 Å². The van der Waals surface area contributed by atoms with Gasteiger partial charge in [0.1, 0.15) is 0 Å². The smallest absolute Gasteiger partial charge is 0.338 e. The van der Waals surface area contributed by atoms with E-state index in [2.05, 4.69) is 28.6 Å². The van der Waals surface area contributed by atoms with Gasteiger partial charge in [-0.1, -0.05) is 0 Å². The molecular weight excluding hydrogens is 308 g/mol. The Kier molecular flexibility index (Phi) is 5.93. The lowest BCUT2D eigenvalue weighted by Crippen LogP contribution is -2.03. The largest absolute Gasteiger partial charge is 0.462 e. The van der Waals surface area contributed by atoms with Gasteiger partial charge >= 0.3 is 5.97 Å². The maximum absolute atomic E-state index is 11.6. The fourth-order valence-corrected chi connectivity index (χ4v) is 2.77. The SMILES string of the molecule is CCOC(=O)c1ccc(N=Nc2c(C)cc(SC)cc2C)cc1. The third-order valence-electron chi connectivity index (χ3n) is 3.34. The van der Waals surface area contributed by atoms with Crippen LogP contribution in [0.15, 0.2) is 51.5 Å². The number of benzene rings is 2. The second-order valence-corrected chi connectivity index (χ2v) is 5.96. The molecule has 0 amide bonds. The normalized spacial score (nSPS) is 11.0. The molecule has 0 bridgehead atoms. The van der Waals surface area contributed by atoms with Gasteiger partial charge in [0, 0.05) is 4.90 Å². The zero-order valence-corrected chi connectivity index (χ0v) is 14.6. The zero-order valence-electron chi connectivity index (χ0n) is 13.8. The topological polar surface area (TPSA) is 51.0 Å². The fraction of sp³-hybridized carbons (Fsp3) is 0.278. The second-order valence-electron chi connectivity index (χ2n) is 5.08. The summed E-state index contributed by atoms with van der Waals surface area (Å²) in [5.74, 6) is -0.324. The second kappa shape index (κ2) is 7.92. The van der Waals surface area contributed by atoms with Crippen LogP contribution in [0.5, 0.6) is 0 Å². The molecule has 2 aromatic rings. The summed E-state index contributed by atoms with van der Waals surface area (Å²) in [6, 6.07) is 11.1. The Morgan fingerprint density at radius 3 is 2.22 bits per heavy atom. The van der Waals surface area contributed by atoms with Crippen molar-refractivity contribution in [1.29, 1.82) is 0 Å². The Labute approximate surface area is 141 Å². The number of aryl methyl sites for hydroxylation is 2. The van der Waals surface area contributed by atoms with Gasteiger partial charge < -0.3 is 4.74 Å². The molecule has 0 unspecified atom stereocenters. The molecule has 23 heavy (non-hydrogen) atoms. The van der Waals surface area contributed by atoms with E-state index in [9.17, 15) is 4.79 Å². The van der Waals surface area contributed by atoms with Crippen LogP contribution in [-0.2, 0) is 4.74 Å². The first kappa shape index (κ1) is 17.2. The molecule has 0 saturated heterocycles. The molecule has 0 atom stereocenters. The van der Waals surface area contributed by atoms with Crippen LogP contribution in [0.2, 0.25) is 0 Å². The summed E-state index contributed by atoms with van der Waals surface area (Å²) in [5.41, 5.74) is 4.30. The van der Waals surface area contributed by atoms with Crippen LogP contribution in [0.3, 0.4) is 0 Å². The average molecular weight is 328 g/mol. The van der Waals surface area contributed by atoms with Crippen molar-refractivity contribution in [3.05, 3.63) is 53.1 Å². The molecule has 0 heterocycles. The van der Waals surface area contributed by atoms with Gasteiger partial charge in [0.25, 0.3) is 0 Å². The Morgan fingerprint density at radius 1 is 1.09 bits per heavy atom. The van der Waals surface area contributed by atoms with Crippen LogP contribution in [0.25, 0.3) is 0 Å². The lowest BCUT2D eigenvalue weighted by Gasteiger charge is -2.06. The van der Waals surface area contributed by atoms with E-state index >= 15 is 0 Å². The molecule has 0 spiro atoms. The van der Waals surface area contributed by atoms with E-state index in [-0.39, 0.29) is 5.97 Å². The highest BCUT2D eigenvalue weighted by molar-refractivity contribution is 7.98. The predicted molar refractivity (Wildman–Crippen MR) is 94.3 cm³/mol. The van der Waals surface area contributed by atoms with Crippen LogP contribution in [-0.4, -0.2) is 18.8 Å². The van der Waals surface area contributed by atoms with Crippen LogP contribution in [0.1, 0.15) is 28.4 Å². The maximum atomic E-state index is 11.6. The number of hydrogen-bond donors (Lipinski definition) is 0. The number of rotatable bonds is 5. The molecule has 0 N–H and O–H groups in total. The van der Waals surface area contributed by atoms with Crippen LogP contribution < -0.4 is 0 Å². The Balaban J connectivity index is 2.19. The molecule has 0 radical (unpaired) electrons. The highest BCUT2D eigenvalue weighted by Crippen LogP contribution is 2.30. The molecule has 2 aromatic carbocycles. The Bertz CT molecular complexity index is 701. The number of ether oxygens (including phenoxy) is 1. The molecule has 5 heteroatoms. The van der Waals surface area contributed by atoms with E-state index < -0.39 is 0 Å². The van der Waals surface area contributed by atoms with Gasteiger partial charge in [-0.15, -0.1) is 11.8 Å². The number of hydrogen-bond acceptors (Lipinski definition) is 5. The molecule has 0 aromatic heterocycles. The third kappa shape index (κ3) is 4.42. The number of esters is 1. The average Bonchev–Trinajstić information content (AvgIpc) is 2.54. The summed E-state index contributed by atoms with van der Waals surface area (Å²) in [6.45, 7) is 6.22. The molecule has 120 valence electrons. The van der Waals surface area contributed by atoms with E-state index in [4.69, 9.17) is 4.74 Å². The molecule has 0 aliphatic rings. The first-order valence-corrected chi connectivity index (χ1v) is 8.61. The minimum Gasteiger partial charge on any atom is -0.462 e. The highest BCUT2D eigenvalue weighted by Gasteiger charge is 2.06. The minimum atomic E-state index is -0.324. The van der Waals surface area contributed by atoms with E-state index in [0.29, 0.717) is 17.9 Å². The van der Waals surface area contributed by atoms with Crippen molar-refractivity contribution < 1.29 is 9.53 Å². The Morgan fingerprint density at radius 2 is 1.70 bits per heavy atom. The number of carbonyl (C=O) groups excluding carboxylic acids is 1. The summed E-state index contributed by atoms with van der Waals surface area (Å²) in [6.07, 6.45) is 2.06. The number of nitrogens with zero attached hydrogens (tertiary/aromatic N) is 2. The monoisotopic (exact) mass is 328 g/mol. The van der Waals surface area contributed by atoms with Gasteiger partial charge in [-0.05, 0) is 74.6 Å². The molecule has 4 nitrogen and oxygen atoms in total. The summed E-state index contributed by atoms with van der Waals surface area (Å²) in [7, 11) is 0. The van der Waals surface area contributed by atoms with Gasteiger partial charge in [-0.3, -0.25) is 0 Å². The van der Waals surface area contributed by atoms with Crippen LogP contribution >= 0.6 is 11.8 Å². The van der Waals surface area contributed by atoms with Crippen molar-refractivity contribution in [2.24, 2.45) is 10.2 Å². The van der Waals surface area contributed by atoms with Gasteiger partial charge in [-0.25, -0.2) is 4.79 Å². The molecule has 0 aliphatic carbocycles. The summed E-state index contributed by atoms with van der Waals surface area (Å²) >= 11 is 1.71. The van der Waals surface area contributed by atoms with Crippen molar-refractivity contribution in [1.82, 2.24) is 0 Å². The van der Waals surface area contributed by atoms with Crippen molar-refractivity contribution in [3.8, 4) is 0 Å². The zero-order chi connectivity index (χ0) is 16.8. The van der Waals surface area contributed by atoms with E-state index in [1.165, 1.54) is 4.90 Å². The van der Waals surface area contributed by atoms with Crippen LogP contribution in [0, 0.1) is 13.8 Å². The highest BCUT2D eigenvalue weighted by atomic mass is 32.2. The van der Waals surface area contributed by atoms with Crippen LogP contribution in [0.4, 0.5) is 11.4 Å². The van der Waals surface area contributed by atoms with Crippen molar-refractivity contribution in [2.75, 3.05) is 12.9 Å². The van der Waals surface area contributed by atoms with E-state index in [0.717, 1.165) is 16.8 Å². The predicted octanol–water partition coefficient (Wildman–Crippen LogP) is 5.62. The lowest BCUT2D eigenvalue weighted by molar-refractivity contribution is 0.0526. The fourth-order valence-electron chi connectivity index (χ4n) is 2.18. The van der Waals surface area contributed by atoms with Gasteiger partial charge in [0.05, 0.1) is 23.5 Å². The third-order valence-corrected chi connectivity index (χ3v) is 4.05. The lowest BCUT2D eigenvalue weighted by atomic mass is 10.1. The minimum absolute atomic E-state index is 0.324. The van der Waals surface area contributed by atoms with Crippen molar-refractivity contribution in [3.63, 3.8) is 0 Å². The molecule has 0 fully saturated rings. The van der Waals surface area contributed by atoms with Gasteiger partial charge in [0.15, 0.2) is 0 Å². The van der Waals surface area contributed by atoms with Crippen molar-refractivity contribution in [2.45, 2.75) is 25.7 Å². The molecule has 0 aliphatic heterocycles. The maximum Gasteiger partial charge on any atom is 0.338 e. The van der Waals surface area contributed by atoms with Gasteiger partial charge in [-0.2, -0.15) is 10.2 Å². The van der Waals surface area contributed by atoms with E-state index in [1.54, 1.807) is 43.0 Å². The number of carbonyl (C=O) groups is 1. The number of thioether (sulfide) groups is 1. The first-order valence-electron chi connectivity index (χ1n) is 7.39. The quantitative estimate of drug-likeness (QED) is 0.407. The standard InChI is InChI=1S/C18H20N2O2S/c1-5-22-18(21)14-6-8-15(9-7-14)19-20-17-12(2)10-16(23-4)11-13(17)3/h6-11H,5H2,1-4H3. The molecule has 0 saturated carbocycles. The summed E-state index contributed by atoms with van der Waals surface area (Å²) < 4.78 is 4.96. The molecular formula is C18H20N2O2S. The number of azo groups is 1. The molecule has 2 rings (SSSR count). The Hall–Kier alpha value is -2.14.